The highest BCUT2D eigenvalue weighted by atomic mass is 16.5. The summed E-state index contributed by atoms with van der Waals surface area (Å²) in [6, 6.07) is 0. The van der Waals surface area contributed by atoms with Crippen LogP contribution >= 0.6 is 0 Å². The second-order valence-electron chi connectivity index (χ2n) is 3.42. The molecule has 16 heavy (non-hydrogen) atoms. The molecule has 0 amide bonds. The lowest BCUT2D eigenvalue weighted by molar-refractivity contribution is 0.0519. The van der Waals surface area contributed by atoms with Gasteiger partial charge >= 0.3 is 5.97 Å². The van der Waals surface area contributed by atoms with Crippen LogP contribution in [0.3, 0.4) is 0 Å². The van der Waals surface area contributed by atoms with Crippen LogP contribution in [0.4, 0.5) is 0 Å². The Morgan fingerprint density at radius 2 is 2.44 bits per heavy atom. The van der Waals surface area contributed by atoms with E-state index in [0.29, 0.717) is 12.3 Å². The van der Waals surface area contributed by atoms with Gasteiger partial charge in [0.25, 0.3) is 0 Å². The maximum absolute atomic E-state index is 11.6. The molecule has 86 valence electrons. The molecule has 0 atom stereocenters. The van der Waals surface area contributed by atoms with E-state index in [1.54, 1.807) is 6.92 Å². The third-order valence-electron chi connectivity index (χ3n) is 2.38. The molecule has 6 heteroatoms. The largest absolute Gasteiger partial charge is 0.461 e. The normalized spacial score (nSPS) is 15.7. The number of aromatic amines is 1. The number of hydrogen-bond donors (Lipinski definition) is 2. The van der Waals surface area contributed by atoms with Gasteiger partial charge in [-0.3, -0.25) is 0 Å². The fraction of sp³-hybridized carbons (Fsp3) is 0.500. The molecule has 6 nitrogen and oxygen atoms in total. The monoisotopic (exact) mass is 222 g/mol. The number of carbonyl (C=O) groups is 1. The van der Waals surface area contributed by atoms with E-state index in [1.807, 2.05) is 6.08 Å². The Labute approximate surface area is 93.1 Å². The summed E-state index contributed by atoms with van der Waals surface area (Å²) >= 11 is 0. The molecule has 1 aliphatic rings. The fourth-order valence-corrected chi connectivity index (χ4v) is 1.63. The van der Waals surface area contributed by atoms with E-state index in [9.17, 15) is 4.79 Å². The van der Waals surface area contributed by atoms with Gasteiger partial charge < -0.3 is 10.1 Å². The number of esters is 1. The number of rotatable bonds is 3. The quantitative estimate of drug-likeness (QED) is 0.722. The van der Waals surface area contributed by atoms with E-state index in [4.69, 9.17) is 4.74 Å². The van der Waals surface area contributed by atoms with E-state index < -0.39 is 5.97 Å². The molecule has 1 aliphatic heterocycles. The van der Waals surface area contributed by atoms with Gasteiger partial charge in [-0.2, -0.15) is 10.3 Å². The number of carbonyl (C=O) groups excluding carboxylic acids is 1. The first-order valence-corrected chi connectivity index (χ1v) is 5.31. The standard InChI is InChI=1S/C10H14N4O2/c1-2-16-10(15)9-8(12-14-13-9)7-3-5-11-6-4-7/h3,11H,2,4-6H2,1H3,(H,12,13,14). The summed E-state index contributed by atoms with van der Waals surface area (Å²) in [5, 5.41) is 13.5. The van der Waals surface area contributed by atoms with Crippen molar-refractivity contribution in [3.8, 4) is 0 Å². The summed E-state index contributed by atoms with van der Waals surface area (Å²) in [5.74, 6) is -0.425. The Morgan fingerprint density at radius 1 is 1.56 bits per heavy atom. The number of nitrogens with one attached hydrogen (secondary N) is 2. The number of nitrogens with zero attached hydrogens (tertiary/aromatic N) is 2. The number of aromatic nitrogens is 3. The van der Waals surface area contributed by atoms with Gasteiger partial charge in [-0.25, -0.2) is 4.79 Å². The van der Waals surface area contributed by atoms with Crippen molar-refractivity contribution in [1.82, 2.24) is 20.7 Å². The summed E-state index contributed by atoms with van der Waals surface area (Å²) < 4.78 is 4.91. The zero-order valence-electron chi connectivity index (χ0n) is 9.12. The highest BCUT2D eigenvalue weighted by Gasteiger charge is 2.21. The van der Waals surface area contributed by atoms with Crippen molar-refractivity contribution in [2.24, 2.45) is 0 Å². The summed E-state index contributed by atoms with van der Waals surface area (Å²) in [5.41, 5.74) is 1.92. The van der Waals surface area contributed by atoms with Crippen LogP contribution in [0.2, 0.25) is 0 Å². The Hall–Kier alpha value is -1.69. The Bertz CT molecular complexity index is 411. The van der Waals surface area contributed by atoms with Crippen molar-refractivity contribution < 1.29 is 9.53 Å². The number of ether oxygens (including phenoxy) is 1. The van der Waals surface area contributed by atoms with E-state index in [-0.39, 0.29) is 5.69 Å². The maximum atomic E-state index is 11.6. The lowest BCUT2D eigenvalue weighted by atomic mass is 10.0. The predicted octanol–water partition coefficient (Wildman–Crippen LogP) is 0.358. The highest BCUT2D eigenvalue weighted by molar-refractivity contribution is 5.92. The van der Waals surface area contributed by atoms with Crippen molar-refractivity contribution in [2.45, 2.75) is 13.3 Å². The summed E-state index contributed by atoms with van der Waals surface area (Å²) in [7, 11) is 0. The van der Waals surface area contributed by atoms with Gasteiger partial charge in [-0.05, 0) is 25.5 Å². The van der Waals surface area contributed by atoms with E-state index >= 15 is 0 Å². The maximum Gasteiger partial charge on any atom is 0.361 e. The van der Waals surface area contributed by atoms with Gasteiger partial charge in [0, 0.05) is 6.54 Å². The molecule has 1 aromatic rings. The van der Waals surface area contributed by atoms with Crippen LogP contribution in [0.15, 0.2) is 6.08 Å². The average molecular weight is 222 g/mol. The molecular formula is C10H14N4O2. The molecule has 2 rings (SSSR count). The molecule has 0 unspecified atom stereocenters. The zero-order chi connectivity index (χ0) is 11.4. The molecule has 0 aliphatic carbocycles. The first-order valence-electron chi connectivity index (χ1n) is 5.31. The first-order chi connectivity index (χ1) is 7.83. The van der Waals surface area contributed by atoms with Crippen LogP contribution in [-0.4, -0.2) is 41.1 Å². The molecule has 1 aromatic heterocycles. The first kappa shape index (κ1) is 10.8. The molecule has 0 saturated carbocycles. The van der Waals surface area contributed by atoms with Crippen LogP contribution in [-0.2, 0) is 4.74 Å². The molecule has 0 bridgehead atoms. The zero-order valence-corrected chi connectivity index (χ0v) is 9.12. The third-order valence-corrected chi connectivity index (χ3v) is 2.38. The van der Waals surface area contributed by atoms with Gasteiger partial charge in [0.2, 0.25) is 0 Å². The SMILES string of the molecule is CCOC(=O)c1n[nH]nc1C1=CCNCC1. The molecule has 0 aromatic carbocycles. The van der Waals surface area contributed by atoms with Crippen LogP contribution in [0.1, 0.15) is 29.5 Å². The van der Waals surface area contributed by atoms with Crippen molar-refractivity contribution in [1.29, 1.82) is 0 Å². The second kappa shape index (κ2) is 4.89. The molecular weight excluding hydrogens is 208 g/mol. The van der Waals surface area contributed by atoms with Gasteiger partial charge in [-0.15, -0.1) is 5.10 Å². The molecule has 0 fully saturated rings. The number of hydrogen-bond acceptors (Lipinski definition) is 5. The molecule has 0 radical (unpaired) electrons. The second-order valence-corrected chi connectivity index (χ2v) is 3.42. The van der Waals surface area contributed by atoms with Gasteiger partial charge in [0.15, 0.2) is 5.69 Å². The smallest absolute Gasteiger partial charge is 0.361 e. The van der Waals surface area contributed by atoms with Crippen LogP contribution in [0, 0.1) is 0 Å². The third kappa shape index (κ3) is 2.11. The summed E-state index contributed by atoms with van der Waals surface area (Å²) in [4.78, 5) is 11.6. The minimum Gasteiger partial charge on any atom is -0.461 e. The van der Waals surface area contributed by atoms with E-state index in [0.717, 1.165) is 25.1 Å². The van der Waals surface area contributed by atoms with Crippen molar-refractivity contribution in [3.05, 3.63) is 17.5 Å². The van der Waals surface area contributed by atoms with E-state index in [2.05, 4.69) is 20.7 Å². The van der Waals surface area contributed by atoms with Gasteiger partial charge in [0.1, 0.15) is 5.69 Å². The highest BCUT2D eigenvalue weighted by Crippen LogP contribution is 2.20. The Balaban J connectivity index is 2.24. The molecule has 0 spiro atoms. The fourth-order valence-electron chi connectivity index (χ4n) is 1.63. The predicted molar refractivity (Wildman–Crippen MR) is 57.8 cm³/mol. The minimum atomic E-state index is -0.425. The summed E-state index contributed by atoms with van der Waals surface area (Å²) in [6.45, 7) is 3.79. The lowest BCUT2D eigenvalue weighted by Crippen LogP contribution is -2.21. The molecule has 2 heterocycles. The molecule has 2 N–H and O–H groups in total. The van der Waals surface area contributed by atoms with Crippen LogP contribution in [0.5, 0.6) is 0 Å². The van der Waals surface area contributed by atoms with Crippen molar-refractivity contribution >= 4 is 11.5 Å². The average Bonchev–Trinajstić information content (AvgIpc) is 2.79. The van der Waals surface area contributed by atoms with E-state index in [1.165, 1.54) is 0 Å². The lowest BCUT2D eigenvalue weighted by Gasteiger charge is -2.12. The topological polar surface area (TPSA) is 79.9 Å². The van der Waals surface area contributed by atoms with Gasteiger partial charge in [0.05, 0.1) is 6.61 Å². The van der Waals surface area contributed by atoms with Gasteiger partial charge in [-0.1, -0.05) is 6.08 Å². The van der Waals surface area contributed by atoms with Crippen LogP contribution in [0.25, 0.3) is 5.57 Å². The van der Waals surface area contributed by atoms with Crippen LogP contribution < -0.4 is 5.32 Å². The number of H-pyrrole nitrogens is 1. The Kier molecular flexibility index (Phi) is 3.31. The Morgan fingerprint density at radius 3 is 3.12 bits per heavy atom. The molecule has 0 saturated heterocycles. The summed E-state index contributed by atoms with van der Waals surface area (Å²) in [6.07, 6.45) is 2.86. The minimum absolute atomic E-state index is 0.273. The van der Waals surface area contributed by atoms with Crippen molar-refractivity contribution in [2.75, 3.05) is 19.7 Å². The van der Waals surface area contributed by atoms with Crippen molar-refractivity contribution in [3.63, 3.8) is 0 Å².